The van der Waals surface area contributed by atoms with Crippen LogP contribution in [0.5, 0.6) is 0 Å². The van der Waals surface area contributed by atoms with Crippen molar-refractivity contribution in [3.63, 3.8) is 0 Å². The first-order chi connectivity index (χ1) is 14.5. The summed E-state index contributed by atoms with van der Waals surface area (Å²) in [5, 5.41) is 37.0. The molecule has 0 aliphatic carbocycles. The molecule has 0 unspecified atom stereocenters. The summed E-state index contributed by atoms with van der Waals surface area (Å²) in [4.78, 5) is 48.7. The molecule has 0 radical (unpaired) electrons. The van der Waals surface area contributed by atoms with Gasteiger partial charge in [0.2, 0.25) is 0 Å². The van der Waals surface area contributed by atoms with Crippen molar-refractivity contribution in [1.82, 2.24) is 0 Å². The topological polar surface area (TPSA) is 227 Å². The van der Waals surface area contributed by atoms with E-state index in [9.17, 15) is 39.3 Å². The van der Waals surface area contributed by atoms with Crippen LogP contribution in [-0.2, 0) is 43.5 Å². The monoisotopic (exact) mass is 591 g/mol. The van der Waals surface area contributed by atoms with E-state index in [1.165, 1.54) is 51.4 Å². The van der Waals surface area contributed by atoms with Crippen LogP contribution >= 0.6 is 0 Å². The van der Waals surface area contributed by atoms with Crippen LogP contribution < -0.4 is 98.3 Å². The van der Waals surface area contributed by atoms with Crippen LogP contribution in [0.2, 0.25) is 0 Å². The Kier molecular flexibility index (Phi) is 57.7. The van der Waals surface area contributed by atoms with E-state index in [0.717, 1.165) is 6.42 Å². The van der Waals surface area contributed by atoms with Crippen LogP contribution in [0.4, 0.5) is 0 Å². The fraction of sp³-hybridized carbons (Fsp3) is 0.750. The molecule has 5 N–H and O–H groups in total. The molecule has 0 spiro atoms. The van der Waals surface area contributed by atoms with Crippen LogP contribution in [0.3, 0.4) is 0 Å². The first kappa shape index (κ1) is 51.9. The van der Waals surface area contributed by atoms with Crippen molar-refractivity contribution in [1.29, 1.82) is 0 Å². The van der Waals surface area contributed by atoms with Gasteiger partial charge in [-0.1, -0.05) is 64.7 Å². The summed E-state index contributed by atoms with van der Waals surface area (Å²) in [6.45, 7) is 2.25. The molecule has 11 nitrogen and oxygen atoms in total. The Hall–Kier alpha value is 0.383. The second-order valence-corrected chi connectivity index (χ2v) is 6.75. The summed E-state index contributed by atoms with van der Waals surface area (Å²) < 4.78 is 0. The van der Waals surface area contributed by atoms with E-state index < -0.39 is 48.8 Å². The number of carboxylic acids is 4. The van der Waals surface area contributed by atoms with Gasteiger partial charge < -0.3 is 63.5 Å². The van der Waals surface area contributed by atoms with Crippen LogP contribution in [0.1, 0.15) is 84.0 Å². The molecule has 0 aromatic carbocycles. The third-order valence-corrected chi connectivity index (χ3v) is 3.77. The van der Waals surface area contributed by atoms with Gasteiger partial charge in [0.25, 0.3) is 0 Å². The fourth-order valence-electron chi connectivity index (χ4n) is 2.04. The predicted molar refractivity (Wildman–Crippen MR) is 105 cm³/mol. The van der Waals surface area contributed by atoms with Crippen molar-refractivity contribution < 1.29 is 135 Å². The van der Waals surface area contributed by atoms with E-state index in [-0.39, 0.29) is 91.0 Å². The zero-order chi connectivity index (χ0) is 24.7. The normalized spacial score (nSPS) is 10.3. The van der Waals surface area contributed by atoms with Gasteiger partial charge in [0.1, 0.15) is 0 Å². The molecule has 0 aliphatic rings. The minimum absolute atomic E-state index is 0. The van der Waals surface area contributed by atoms with Crippen molar-refractivity contribution >= 4 is 30.2 Å². The summed E-state index contributed by atoms with van der Waals surface area (Å²) >= 11 is 0. The second kappa shape index (κ2) is 38.9. The van der Waals surface area contributed by atoms with Gasteiger partial charge in [0.05, 0.1) is 24.4 Å². The second-order valence-electron chi connectivity index (χ2n) is 6.75. The number of nitrogens with two attached hydrogens (primary N) is 2. The molecular weight excluding hydrogens is 559 g/mol. The van der Waals surface area contributed by atoms with Crippen LogP contribution in [0, 0.1) is 0 Å². The van der Waals surface area contributed by atoms with Gasteiger partial charge in [-0.2, -0.15) is 6.42 Å². The Morgan fingerprint density at radius 3 is 1.34 bits per heavy atom. The van der Waals surface area contributed by atoms with Crippen molar-refractivity contribution in [2.45, 2.75) is 96.1 Å². The van der Waals surface area contributed by atoms with Crippen LogP contribution in [-0.4, -0.2) is 47.4 Å². The van der Waals surface area contributed by atoms with E-state index in [1.54, 1.807) is 0 Å². The minimum atomic E-state index is -1.58. The number of rotatable bonds is 16. The van der Waals surface area contributed by atoms with E-state index in [1.807, 2.05) is 6.29 Å². The summed E-state index contributed by atoms with van der Waals surface area (Å²) in [6.07, 6.45) is 13.1. The molecule has 0 aliphatic heterocycles. The molecular formula is C20H34ClN2Na2O9Zn-. The van der Waals surface area contributed by atoms with Gasteiger partial charge in [0.15, 0.2) is 0 Å². The largest absolute Gasteiger partial charge is 2.00 e. The predicted octanol–water partition coefficient (Wildman–Crippen LogP) is -11.2. The molecule has 35 heavy (non-hydrogen) atoms. The Bertz CT molecular complexity index is 505. The van der Waals surface area contributed by atoms with Crippen molar-refractivity contribution in [2.75, 3.05) is 0 Å². The molecule has 0 fully saturated rings. The molecule has 0 aromatic heterocycles. The number of halogens is 1. The molecule has 15 heteroatoms. The molecule has 0 heterocycles. The van der Waals surface area contributed by atoms with Crippen LogP contribution in [0.15, 0.2) is 0 Å². The van der Waals surface area contributed by atoms with E-state index in [4.69, 9.17) is 16.6 Å². The van der Waals surface area contributed by atoms with Gasteiger partial charge in [0, 0.05) is 18.4 Å². The third-order valence-electron chi connectivity index (χ3n) is 3.77. The number of carboxylic acid groups (broad SMARTS) is 4. The van der Waals surface area contributed by atoms with Gasteiger partial charge in [-0.3, -0.25) is 11.1 Å². The maximum Gasteiger partial charge on any atom is 2.00 e. The average Bonchev–Trinajstić information content (AvgIpc) is 2.66. The van der Waals surface area contributed by atoms with Gasteiger partial charge in [-0.05, 0) is 0 Å². The summed E-state index contributed by atoms with van der Waals surface area (Å²) in [5.74, 6) is -5.87. The number of unbranched alkanes of at least 4 members (excludes halogenated alkanes) is 9. The standard InChI is InChI=1S/C12H23O.2C4H7NO4.ClH.2Na.Zn/c1-2-3-4-5-6-7-8-9-10-11-12-13;2*5-2(4(8)9)1-3(6)7;;;;/h2-11H2,1H3;2*2H,1,5H2,(H,6,7)(H,8,9);1H;;;/q-1;;;;2*+1;+2/p-4/t;2*2-;;;;/m.00..../s1. The molecule has 0 aromatic rings. The zero-order valence-electron chi connectivity index (χ0n) is 21.1. The molecule has 0 rings (SSSR count). The maximum atomic E-state index is 9.89. The summed E-state index contributed by atoms with van der Waals surface area (Å²) in [6, 6.07) is -2.86. The van der Waals surface area contributed by atoms with Gasteiger partial charge in [-0.25, -0.2) is 0 Å². The maximum absolute atomic E-state index is 9.89. The third kappa shape index (κ3) is 51.8. The Morgan fingerprint density at radius 2 is 1.11 bits per heavy atom. The smallest absolute Gasteiger partial charge is 1.00 e. The SMILES string of the molecule is CCCCCCCCCCC[C-]=O.N[C@@H](CC(=O)O)C(=O)[O-].N[C@@H](CC(=O)[O-])C(=O)[O-].[Cl-].[Na+].[Na+].[Zn+2]. The first-order valence-corrected chi connectivity index (χ1v) is 10.2. The quantitative estimate of drug-likeness (QED) is 0.0865. The molecule has 0 saturated carbocycles. The van der Waals surface area contributed by atoms with Gasteiger partial charge >= 0.3 is 84.6 Å². The molecule has 0 saturated heterocycles. The van der Waals surface area contributed by atoms with E-state index >= 15 is 0 Å². The molecule has 190 valence electrons. The van der Waals surface area contributed by atoms with E-state index in [0.29, 0.717) is 6.42 Å². The number of hydrogen-bond acceptors (Lipinski definition) is 10. The van der Waals surface area contributed by atoms with E-state index in [2.05, 4.69) is 6.92 Å². The zero-order valence-corrected chi connectivity index (χ0v) is 28.8. The Morgan fingerprint density at radius 1 is 0.771 bits per heavy atom. The number of carbonyl (C=O) groups is 4. The number of carbonyl (C=O) groups excluding carboxylic acids is 4. The first-order valence-electron chi connectivity index (χ1n) is 10.2. The van der Waals surface area contributed by atoms with Crippen molar-refractivity contribution in [2.24, 2.45) is 11.5 Å². The fourth-order valence-corrected chi connectivity index (χ4v) is 2.04. The van der Waals surface area contributed by atoms with Crippen molar-refractivity contribution in [3.05, 3.63) is 0 Å². The number of aliphatic carboxylic acids is 4. The van der Waals surface area contributed by atoms with Crippen LogP contribution in [0.25, 0.3) is 0 Å². The van der Waals surface area contributed by atoms with Gasteiger partial charge in [-0.15, -0.1) is 0 Å². The summed E-state index contributed by atoms with van der Waals surface area (Å²) in [5.41, 5.74) is 9.51. The van der Waals surface area contributed by atoms with Crippen molar-refractivity contribution in [3.8, 4) is 0 Å². The Balaban J connectivity index is -0.0000000650. The summed E-state index contributed by atoms with van der Waals surface area (Å²) in [7, 11) is 0. The molecule has 0 bridgehead atoms. The molecule has 0 amide bonds. The molecule has 2 atom stereocenters. The minimum Gasteiger partial charge on any atom is -1.00 e. The average molecular weight is 593 g/mol. The number of hydrogen-bond donors (Lipinski definition) is 3. The Labute approximate surface area is 270 Å².